The molecule has 0 aromatic heterocycles. The maximum absolute atomic E-state index is 12.1. The van der Waals surface area contributed by atoms with E-state index in [-0.39, 0.29) is 0 Å². The second kappa shape index (κ2) is 5.42. The lowest BCUT2D eigenvalue weighted by Gasteiger charge is -2.30. The van der Waals surface area contributed by atoms with Gasteiger partial charge in [-0.1, -0.05) is 6.08 Å². The van der Waals surface area contributed by atoms with Crippen LogP contribution in [0.3, 0.4) is 0 Å². The molecule has 5 nitrogen and oxygen atoms in total. The van der Waals surface area contributed by atoms with Gasteiger partial charge in [0, 0.05) is 5.70 Å². The van der Waals surface area contributed by atoms with Crippen LogP contribution in [0.1, 0.15) is 47.0 Å². The molecule has 0 aromatic carbocycles. The molecule has 1 aliphatic rings. The Balaban J connectivity index is 2.90. The Morgan fingerprint density at radius 3 is 2.44 bits per heavy atom. The summed E-state index contributed by atoms with van der Waals surface area (Å²) in [7, 11) is 0. The highest BCUT2D eigenvalue weighted by molar-refractivity contribution is 5.81. The fourth-order valence-corrected chi connectivity index (χ4v) is 1.82. The molecule has 0 aliphatic heterocycles. The summed E-state index contributed by atoms with van der Waals surface area (Å²) < 4.78 is 5.27. The highest BCUT2D eigenvalue weighted by Crippen LogP contribution is 2.25. The van der Waals surface area contributed by atoms with Gasteiger partial charge < -0.3 is 9.84 Å². The fraction of sp³-hybridized carbons (Fsp3) is 0.692. The van der Waals surface area contributed by atoms with E-state index in [1.807, 2.05) is 6.08 Å². The number of carboxylic acids is 1. The second-order valence-electron chi connectivity index (χ2n) is 5.45. The largest absolute Gasteiger partial charge is 0.480 e. The van der Waals surface area contributed by atoms with Crippen LogP contribution in [0.15, 0.2) is 11.8 Å². The lowest BCUT2D eigenvalue weighted by molar-refractivity contribution is -0.141. The van der Waals surface area contributed by atoms with Crippen molar-refractivity contribution in [3.05, 3.63) is 11.8 Å². The van der Waals surface area contributed by atoms with Gasteiger partial charge in [0.1, 0.15) is 11.6 Å². The molecule has 0 saturated heterocycles. The topological polar surface area (TPSA) is 66.8 Å². The molecular formula is C13H21NO4. The number of ether oxygens (including phenoxy) is 1. The van der Waals surface area contributed by atoms with E-state index in [4.69, 9.17) is 9.84 Å². The van der Waals surface area contributed by atoms with Crippen molar-refractivity contribution in [2.24, 2.45) is 0 Å². The smallest absolute Gasteiger partial charge is 0.415 e. The van der Waals surface area contributed by atoms with E-state index in [1.165, 1.54) is 11.8 Å². The van der Waals surface area contributed by atoms with Crippen LogP contribution in [0.2, 0.25) is 0 Å². The van der Waals surface area contributed by atoms with Crippen LogP contribution in [-0.2, 0) is 9.53 Å². The van der Waals surface area contributed by atoms with Crippen molar-refractivity contribution in [2.75, 3.05) is 0 Å². The molecular weight excluding hydrogens is 234 g/mol. The molecule has 1 atom stereocenters. The van der Waals surface area contributed by atoms with Crippen molar-refractivity contribution >= 4 is 12.1 Å². The second-order valence-corrected chi connectivity index (χ2v) is 5.45. The molecule has 1 amide bonds. The molecule has 18 heavy (non-hydrogen) atoms. The van der Waals surface area contributed by atoms with Gasteiger partial charge in [0.15, 0.2) is 0 Å². The summed E-state index contributed by atoms with van der Waals surface area (Å²) in [5.41, 5.74) is 0.117. The minimum absolute atomic E-state index is 0.592. The first-order valence-electron chi connectivity index (χ1n) is 6.16. The number of carbonyl (C=O) groups is 2. The Hall–Kier alpha value is -1.52. The van der Waals surface area contributed by atoms with Crippen LogP contribution in [0.25, 0.3) is 0 Å². The van der Waals surface area contributed by atoms with Crippen LogP contribution in [0, 0.1) is 0 Å². The third-order valence-corrected chi connectivity index (χ3v) is 2.66. The van der Waals surface area contributed by atoms with Gasteiger partial charge >= 0.3 is 12.1 Å². The van der Waals surface area contributed by atoms with Gasteiger partial charge in [-0.3, -0.25) is 4.90 Å². The van der Waals surface area contributed by atoms with Crippen LogP contribution >= 0.6 is 0 Å². The Bertz CT molecular complexity index is 368. The van der Waals surface area contributed by atoms with Crippen LogP contribution in [-0.4, -0.2) is 33.7 Å². The quantitative estimate of drug-likeness (QED) is 0.842. The molecule has 0 radical (unpaired) electrons. The maximum Gasteiger partial charge on any atom is 0.415 e. The van der Waals surface area contributed by atoms with E-state index in [2.05, 4.69) is 0 Å². The number of nitrogens with zero attached hydrogens (tertiary/aromatic N) is 1. The third-order valence-electron chi connectivity index (χ3n) is 2.66. The predicted molar refractivity (Wildman–Crippen MR) is 67.1 cm³/mol. The maximum atomic E-state index is 12.1. The van der Waals surface area contributed by atoms with Crippen LogP contribution < -0.4 is 0 Å². The third kappa shape index (κ3) is 3.75. The Morgan fingerprint density at radius 1 is 1.44 bits per heavy atom. The predicted octanol–water partition coefficient (Wildman–Crippen LogP) is 2.76. The highest BCUT2D eigenvalue weighted by Gasteiger charge is 2.32. The van der Waals surface area contributed by atoms with Gasteiger partial charge in [-0.2, -0.15) is 0 Å². The van der Waals surface area contributed by atoms with Crippen molar-refractivity contribution in [2.45, 2.75) is 58.6 Å². The number of rotatable bonds is 3. The number of amides is 1. The highest BCUT2D eigenvalue weighted by atomic mass is 16.6. The van der Waals surface area contributed by atoms with Gasteiger partial charge in [-0.05, 0) is 47.0 Å². The van der Waals surface area contributed by atoms with E-state index < -0.39 is 23.7 Å². The monoisotopic (exact) mass is 255 g/mol. The molecule has 0 heterocycles. The summed E-state index contributed by atoms with van der Waals surface area (Å²) in [6.45, 7) is 6.78. The molecule has 0 bridgehead atoms. The summed E-state index contributed by atoms with van der Waals surface area (Å²) in [5.74, 6) is -1.03. The molecule has 5 heteroatoms. The van der Waals surface area contributed by atoms with Gasteiger partial charge in [0.05, 0.1) is 0 Å². The van der Waals surface area contributed by atoms with E-state index in [0.717, 1.165) is 25.0 Å². The lowest BCUT2D eigenvalue weighted by Crippen LogP contribution is -2.44. The zero-order valence-corrected chi connectivity index (χ0v) is 11.4. The number of aliphatic carboxylic acids is 1. The first-order valence-corrected chi connectivity index (χ1v) is 6.16. The average molecular weight is 255 g/mol. The van der Waals surface area contributed by atoms with Gasteiger partial charge in [-0.15, -0.1) is 0 Å². The molecule has 0 fully saturated rings. The Labute approximate surface area is 107 Å². The molecule has 1 unspecified atom stereocenters. The van der Waals surface area contributed by atoms with Crippen molar-refractivity contribution in [3.63, 3.8) is 0 Å². The number of allylic oxidation sites excluding steroid dienone is 2. The number of carbonyl (C=O) groups excluding carboxylic acids is 1. The number of hydrogen-bond donors (Lipinski definition) is 1. The van der Waals surface area contributed by atoms with E-state index >= 15 is 0 Å². The molecule has 102 valence electrons. The lowest BCUT2D eigenvalue weighted by atomic mass is 10.2. The summed E-state index contributed by atoms with van der Waals surface area (Å²) >= 11 is 0. The minimum atomic E-state index is -1.03. The summed E-state index contributed by atoms with van der Waals surface area (Å²) in [4.78, 5) is 24.4. The van der Waals surface area contributed by atoms with Crippen LogP contribution in [0.5, 0.6) is 0 Å². The van der Waals surface area contributed by atoms with Crippen molar-refractivity contribution in [3.8, 4) is 0 Å². The molecule has 1 rings (SSSR count). The number of hydrogen-bond acceptors (Lipinski definition) is 3. The Kier molecular flexibility index (Phi) is 4.38. The van der Waals surface area contributed by atoms with Gasteiger partial charge in [-0.25, -0.2) is 9.59 Å². The number of carboxylic acid groups (broad SMARTS) is 1. The molecule has 1 N–H and O–H groups in total. The Morgan fingerprint density at radius 2 is 2.06 bits per heavy atom. The zero-order chi connectivity index (χ0) is 13.9. The normalized spacial score (nSPS) is 17.0. The standard InChI is InChI=1S/C13H21NO4/c1-9(11(15)16)14(10-7-5-6-8-10)12(17)18-13(2,3)4/h7,9H,5-6,8H2,1-4H3,(H,15,16). The van der Waals surface area contributed by atoms with Crippen LogP contribution in [0.4, 0.5) is 4.79 Å². The first kappa shape index (κ1) is 14.5. The minimum Gasteiger partial charge on any atom is -0.480 e. The zero-order valence-electron chi connectivity index (χ0n) is 11.4. The summed E-state index contributed by atoms with van der Waals surface area (Å²) in [5, 5.41) is 9.08. The molecule has 1 aliphatic carbocycles. The molecule has 0 spiro atoms. The first-order chi connectivity index (χ1) is 8.22. The van der Waals surface area contributed by atoms with Crippen molar-refractivity contribution in [1.82, 2.24) is 4.90 Å². The van der Waals surface area contributed by atoms with Gasteiger partial charge in [0.2, 0.25) is 0 Å². The molecule has 0 aromatic rings. The fourth-order valence-electron chi connectivity index (χ4n) is 1.82. The SMILES string of the molecule is CC(C(=O)O)N(C(=O)OC(C)(C)C)C1=CCCC1. The molecule has 0 saturated carbocycles. The average Bonchev–Trinajstić information content (AvgIpc) is 2.67. The van der Waals surface area contributed by atoms with Gasteiger partial charge in [0.25, 0.3) is 0 Å². The van der Waals surface area contributed by atoms with E-state index in [9.17, 15) is 9.59 Å². The van der Waals surface area contributed by atoms with E-state index in [0.29, 0.717) is 0 Å². The van der Waals surface area contributed by atoms with Crippen molar-refractivity contribution in [1.29, 1.82) is 0 Å². The summed E-state index contributed by atoms with van der Waals surface area (Å²) in [6, 6.07) is -0.913. The van der Waals surface area contributed by atoms with Crippen molar-refractivity contribution < 1.29 is 19.4 Å². The summed E-state index contributed by atoms with van der Waals surface area (Å²) in [6.07, 6.45) is 3.85. The van der Waals surface area contributed by atoms with E-state index in [1.54, 1.807) is 20.8 Å².